The van der Waals surface area contributed by atoms with Crippen molar-refractivity contribution in [3.8, 4) is 11.4 Å². The molecule has 0 aliphatic heterocycles. The Kier molecular flexibility index (Phi) is 4.89. The van der Waals surface area contributed by atoms with Crippen LogP contribution in [0, 0.1) is 5.82 Å². The smallest absolute Gasteiger partial charge is 0.237 e. The van der Waals surface area contributed by atoms with Gasteiger partial charge in [-0.25, -0.2) is 9.37 Å². The van der Waals surface area contributed by atoms with E-state index in [0.29, 0.717) is 28.4 Å². The van der Waals surface area contributed by atoms with Crippen LogP contribution in [0.5, 0.6) is 0 Å². The highest BCUT2D eigenvalue weighted by atomic mass is 32.2. The van der Waals surface area contributed by atoms with Gasteiger partial charge in [0.15, 0.2) is 0 Å². The van der Waals surface area contributed by atoms with Crippen molar-refractivity contribution in [2.45, 2.75) is 10.9 Å². The number of thioether (sulfide) groups is 1. The second kappa shape index (κ2) is 7.63. The average Bonchev–Trinajstić information content (AvgIpc) is 3.40. The van der Waals surface area contributed by atoms with Gasteiger partial charge in [0.1, 0.15) is 11.6 Å². The van der Waals surface area contributed by atoms with Gasteiger partial charge in [-0.1, -0.05) is 35.1 Å². The third kappa shape index (κ3) is 4.06. The zero-order valence-electron chi connectivity index (χ0n) is 13.3. The molecule has 0 aliphatic rings. The van der Waals surface area contributed by atoms with Crippen LogP contribution in [-0.4, -0.2) is 25.3 Å². The molecule has 0 saturated heterocycles. The third-order valence-electron chi connectivity index (χ3n) is 3.36. The number of nitrogens with zero attached hydrogens (tertiary/aromatic N) is 4. The summed E-state index contributed by atoms with van der Waals surface area (Å²) in [7, 11) is 0. The Morgan fingerprint density at radius 2 is 2.04 bits per heavy atom. The van der Waals surface area contributed by atoms with E-state index in [1.165, 1.54) is 23.9 Å². The van der Waals surface area contributed by atoms with Crippen molar-refractivity contribution in [3.05, 3.63) is 64.2 Å². The number of hydrogen-bond donors (Lipinski definition) is 1. The molecule has 9 heteroatoms. The molecule has 3 heterocycles. The second-order valence-electron chi connectivity index (χ2n) is 5.20. The average molecular weight is 385 g/mol. The Morgan fingerprint density at radius 3 is 2.85 bits per heavy atom. The summed E-state index contributed by atoms with van der Waals surface area (Å²) in [4.78, 5) is 8.72. The Bertz CT molecular complexity index is 1010. The fraction of sp³-hybridized carbons (Fsp3) is 0.0588. The van der Waals surface area contributed by atoms with E-state index in [2.05, 4.69) is 25.3 Å². The van der Waals surface area contributed by atoms with Crippen molar-refractivity contribution >= 4 is 35.3 Å². The maximum atomic E-state index is 12.9. The topological polar surface area (TPSA) is 80.5 Å². The number of hydrogen-bond acceptors (Lipinski definition) is 7. The summed E-state index contributed by atoms with van der Waals surface area (Å²) in [6.07, 6.45) is 3.62. The minimum absolute atomic E-state index is 0.260. The molecule has 0 radical (unpaired) electrons. The number of benzene rings is 1. The Morgan fingerprint density at radius 1 is 1.15 bits per heavy atom. The van der Waals surface area contributed by atoms with Crippen molar-refractivity contribution in [2.24, 2.45) is 0 Å². The van der Waals surface area contributed by atoms with Gasteiger partial charge in [0.05, 0.1) is 5.75 Å². The first-order chi connectivity index (χ1) is 12.8. The first-order valence-electron chi connectivity index (χ1n) is 7.60. The molecule has 0 amide bonds. The van der Waals surface area contributed by atoms with Gasteiger partial charge in [0.2, 0.25) is 16.9 Å². The van der Waals surface area contributed by atoms with Gasteiger partial charge in [-0.3, -0.25) is 5.10 Å². The van der Waals surface area contributed by atoms with Gasteiger partial charge in [-0.05, 0) is 35.2 Å². The number of aromatic amines is 1. The summed E-state index contributed by atoms with van der Waals surface area (Å²) >= 11 is 2.98. The second-order valence-corrected chi connectivity index (χ2v) is 6.92. The van der Waals surface area contributed by atoms with Gasteiger partial charge in [-0.15, -0.1) is 5.10 Å². The van der Waals surface area contributed by atoms with Gasteiger partial charge in [0.25, 0.3) is 0 Å². The van der Waals surface area contributed by atoms with E-state index in [9.17, 15) is 4.39 Å². The monoisotopic (exact) mass is 385 g/mol. The summed E-state index contributed by atoms with van der Waals surface area (Å²) in [5.74, 6) is 1.94. The van der Waals surface area contributed by atoms with Crippen molar-refractivity contribution in [1.82, 2.24) is 25.3 Å². The molecule has 0 saturated carbocycles. The van der Waals surface area contributed by atoms with Gasteiger partial charge >= 0.3 is 0 Å². The van der Waals surface area contributed by atoms with E-state index in [1.54, 1.807) is 29.5 Å². The normalized spacial score (nSPS) is 11.4. The number of aromatic nitrogens is 5. The van der Waals surface area contributed by atoms with E-state index in [1.807, 2.05) is 22.9 Å². The van der Waals surface area contributed by atoms with Crippen LogP contribution in [0.25, 0.3) is 23.5 Å². The lowest BCUT2D eigenvalue weighted by Crippen LogP contribution is -1.83. The minimum Gasteiger partial charge on any atom is -0.338 e. The van der Waals surface area contributed by atoms with Crippen LogP contribution < -0.4 is 0 Å². The molecule has 0 aliphatic carbocycles. The molecule has 1 N–H and O–H groups in total. The van der Waals surface area contributed by atoms with Gasteiger partial charge in [-0.2, -0.15) is 16.3 Å². The van der Waals surface area contributed by atoms with Crippen molar-refractivity contribution in [2.75, 3.05) is 0 Å². The lowest BCUT2D eigenvalue weighted by Gasteiger charge is -1.91. The lowest BCUT2D eigenvalue weighted by molar-refractivity contribution is 0.391. The molecule has 6 nitrogen and oxygen atoms in total. The van der Waals surface area contributed by atoms with Crippen LogP contribution >= 0.6 is 23.1 Å². The highest BCUT2D eigenvalue weighted by Gasteiger charge is 2.10. The quantitative estimate of drug-likeness (QED) is 0.492. The summed E-state index contributed by atoms with van der Waals surface area (Å²) in [6, 6.07) is 8.16. The maximum absolute atomic E-state index is 12.9. The number of rotatable bonds is 6. The van der Waals surface area contributed by atoms with E-state index in [4.69, 9.17) is 4.52 Å². The van der Waals surface area contributed by atoms with Crippen LogP contribution in [-0.2, 0) is 5.75 Å². The first kappa shape index (κ1) is 16.7. The van der Waals surface area contributed by atoms with Crippen molar-refractivity contribution in [1.29, 1.82) is 0 Å². The van der Waals surface area contributed by atoms with Crippen molar-refractivity contribution in [3.63, 3.8) is 0 Å². The molecule has 4 aromatic rings. The molecule has 0 spiro atoms. The molecule has 26 heavy (non-hydrogen) atoms. The van der Waals surface area contributed by atoms with Crippen LogP contribution in [0.2, 0.25) is 0 Å². The summed E-state index contributed by atoms with van der Waals surface area (Å²) in [5, 5.41) is 15.5. The molecule has 0 bridgehead atoms. The van der Waals surface area contributed by atoms with E-state index >= 15 is 0 Å². The first-order valence-corrected chi connectivity index (χ1v) is 9.53. The summed E-state index contributed by atoms with van der Waals surface area (Å²) in [5.41, 5.74) is 1.82. The van der Waals surface area contributed by atoms with E-state index in [-0.39, 0.29) is 5.82 Å². The molecular formula is C17H12FN5OS2. The fourth-order valence-corrected chi connectivity index (χ4v) is 3.37. The SMILES string of the molecule is Fc1ccc(/C=C/c2nc(SCc3nc(-c4ccsc4)no3)n[nH]2)cc1. The number of halogens is 1. The van der Waals surface area contributed by atoms with Crippen LogP contribution in [0.4, 0.5) is 4.39 Å². The third-order valence-corrected chi connectivity index (χ3v) is 4.87. The minimum atomic E-state index is -0.260. The number of H-pyrrole nitrogens is 1. The van der Waals surface area contributed by atoms with E-state index in [0.717, 1.165) is 11.1 Å². The molecule has 0 fully saturated rings. The predicted molar refractivity (Wildman–Crippen MR) is 98.9 cm³/mol. The highest BCUT2D eigenvalue weighted by Crippen LogP contribution is 2.22. The Labute approximate surface area is 156 Å². The van der Waals surface area contributed by atoms with E-state index < -0.39 is 0 Å². The number of thiophene rings is 1. The Hall–Kier alpha value is -2.78. The lowest BCUT2D eigenvalue weighted by atomic mass is 10.2. The van der Waals surface area contributed by atoms with Crippen LogP contribution in [0.1, 0.15) is 17.3 Å². The predicted octanol–water partition coefficient (Wildman–Crippen LogP) is 4.52. The van der Waals surface area contributed by atoms with Crippen LogP contribution in [0.15, 0.2) is 50.8 Å². The molecule has 0 unspecified atom stereocenters. The Balaban J connectivity index is 1.36. The zero-order chi connectivity index (χ0) is 17.8. The summed E-state index contributed by atoms with van der Waals surface area (Å²) in [6.45, 7) is 0. The number of nitrogens with one attached hydrogen (secondary N) is 1. The molecule has 130 valence electrons. The molecule has 3 aromatic heterocycles. The maximum Gasteiger partial charge on any atom is 0.237 e. The van der Waals surface area contributed by atoms with Gasteiger partial charge < -0.3 is 4.52 Å². The molecular weight excluding hydrogens is 373 g/mol. The highest BCUT2D eigenvalue weighted by molar-refractivity contribution is 7.98. The summed E-state index contributed by atoms with van der Waals surface area (Å²) < 4.78 is 18.1. The molecule has 1 aromatic carbocycles. The fourth-order valence-electron chi connectivity index (χ4n) is 2.10. The van der Waals surface area contributed by atoms with Crippen LogP contribution in [0.3, 0.4) is 0 Å². The molecule has 4 rings (SSSR count). The van der Waals surface area contributed by atoms with Crippen molar-refractivity contribution < 1.29 is 8.91 Å². The largest absolute Gasteiger partial charge is 0.338 e. The van der Waals surface area contributed by atoms with Gasteiger partial charge in [0, 0.05) is 10.9 Å². The molecule has 0 atom stereocenters. The standard InChI is InChI=1S/C17H12FN5OS2/c18-13-4-1-11(2-5-13)3-6-14-19-17(22-21-14)26-10-15-20-16(23-24-15)12-7-8-25-9-12/h1-9H,10H2,(H,19,21,22)/b6-3+. The zero-order valence-corrected chi connectivity index (χ0v) is 14.9.